The molecule has 0 fully saturated rings. The van der Waals surface area contributed by atoms with E-state index in [9.17, 15) is 4.79 Å². The molecule has 28 heavy (non-hydrogen) atoms. The molecule has 0 aliphatic heterocycles. The number of hydrogen-bond donors (Lipinski definition) is 1. The van der Waals surface area contributed by atoms with Crippen LogP contribution in [-0.4, -0.2) is 20.7 Å². The Labute approximate surface area is 167 Å². The fourth-order valence-electron chi connectivity index (χ4n) is 4.11. The standard InChI is InChI=1S/C23H30N4O/c1-8-20(21-16(6)26-27(9-2)17(21)7)25-23(28)19-12-18-11-13(3)10-14(4)22(18)24-15(19)5/h10-12,20H,8-9H2,1-7H3,(H,25,28). The molecule has 0 saturated carbocycles. The van der Waals surface area contributed by atoms with Crippen LogP contribution >= 0.6 is 0 Å². The molecule has 1 N–H and O–H groups in total. The van der Waals surface area contributed by atoms with Gasteiger partial charge in [0.1, 0.15) is 0 Å². The van der Waals surface area contributed by atoms with Gasteiger partial charge in [0.05, 0.1) is 28.5 Å². The zero-order chi connectivity index (χ0) is 20.6. The predicted octanol–water partition coefficient (Wildman–Crippen LogP) is 4.87. The molecular weight excluding hydrogens is 348 g/mol. The van der Waals surface area contributed by atoms with Gasteiger partial charge in [0.25, 0.3) is 5.91 Å². The van der Waals surface area contributed by atoms with Crippen molar-refractivity contribution >= 4 is 16.8 Å². The Morgan fingerprint density at radius 3 is 2.39 bits per heavy atom. The van der Waals surface area contributed by atoms with E-state index in [0.29, 0.717) is 5.56 Å². The summed E-state index contributed by atoms with van der Waals surface area (Å²) in [4.78, 5) is 17.9. The van der Waals surface area contributed by atoms with Crippen LogP contribution in [0, 0.1) is 34.6 Å². The van der Waals surface area contributed by atoms with Crippen LogP contribution in [0.1, 0.15) is 70.4 Å². The summed E-state index contributed by atoms with van der Waals surface area (Å²) < 4.78 is 1.99. The van der Waals surface area contributed by atoms with Crippen LogP contribution in [-0.2, 0) is 6.54 Å². The van der Waals surface area contributed by atoms with E-state index in [0.717, 1.165) is 52.1 Å². The third-order valence-corrected chi connectivity index (χ3v) is 5.49. The normalized spacial score (nSPS) is 12.4. The van der Waals surface area contributed by atoms with E-state index in [-0.39, 0.29) is 11.9 Å². The minimum Gasteiger partial charge on any atom is -0.345 e. The van der Waals surface area contributed by atoms with Gasteiger partial charge in [-0.15, -0.1) is 0 Å². The Hall–Kier alpha value is -2.69. The lowest BCUT2D eigenvalue weighted by molar-refractivity contribution is 0.0934. The molecule has 5 nitrogen and oxygen atoms in total. The summed E-state index contributed by atoms with van der Waals surface area (Å²) in [5.74, 6) is -0.0824. The average Bonchev–Trinajstić information content (AvgIpc) is 2.93. The van der Waals surface area contributed by atoms with Crippen LogP contribution in [0.15, 0.2) is 18.2 Å². The number of nitrogens with one attached hydrogen (secondary N) is 1. The number of carbonyl (C=O) groups excluding carboxylic acids is 1. The van der Waals surface area contributed by atoms with Crippen LogP contribution in [0.5, 0.6) is 0 Å². The summed E-state index contributed by atoms with van der Waals surface area (Å²) in [5, 5.41) is 8.84. The molecule has 1 amide bonds. The molecule has 2 heterocycles. The molecule has 0 aliphatic carbocycles. The highest BCUT2D eigenvalue weighted by atomic mass is 16.1. The first-order chi connectivity index (χ1) is 13.3. The topological polar surface area (TPSA) is 59.8 Å². The van der Waals surface area contributed by atoms with Crippen LogP contribution in [0.2, 0.25) is 0 Å². The number of hydrogen-bond acceptors (Lipinski definition) is 3. The second-order valence-corrected chi connectivity index (χ2v) is 7.61. The molecule has 2 aromatic heterocycles. The monoisotopic (exact) mass is 378 g/mol. The number of benzene rings is 1. The number of rotatable bonds is 5. The first kappa shape index (κ1) is 20.1. The summed E-state index contributed by atoms with van der Waals surface area (Å²) in [5.41, 5.74) is 7.87. The summed E-state index contributed by atoms with van der Waals surface area (Å²) >= 11 is 0. The van der Waals surface area contributed by atoms with Crippen LogP contribution in [0.3, 0.4) is 0 Å². The van der Waals surface area contributed by atoms with Gasteiger partial charge in [0, 0.05) is 23.2 Å². The predicted molar refractivity (Wildman–Crippen MR) is 114 cm³/mol. The SMILES string of the molecule is CCC(NC(=O)c1cc2cc(C)cc(C)c2nc1C)c1c(C)nn(CC)c1C. The quantitative estimate of drug-likeness (QED) is 0.689. The molecule has 0 saturated heterocycles. The number of carbonyl (C=O) groups is 1. The summed E-state index contributed by atoms with van der Waals surface area (Å²) in [7, 11) is 0. The zero-order valence-electron chi connectivity index (χ0n) is 18.0. The van der Waals surface area contributed by atoms with Crippen LogP contribution in [0.25, 0.3) is 10.9 Å². The molecule has 0 bridgehead atoms. The van der Waals surface area contributed by atoms with E-state index < -0.39 is 0 Å². The van der Waals surface area contributed by atoms with E-state index in [1.165, 1.54) is 5.56 Å². The van der Waals surface area contributed by atoms with Gasteiger partial charge in [-0.1, -0.05) is 18.6 Å². The highest BCUT2D eigenvalue weighted by Crippen LogP contribution is 2.26. The Kier molecular flexibility index (Phi) is 5.54. The van der Waals surface area contributed by atoms with Crippen molar-refractivity contribution in [1.82, 2.24) is 20.1 Å². The van der Waals surface area contributed by atoms with Gasteiger partial charge in [-0.2, -0.15) is 5.10 Å². The Balaban J connectivity index is 1.98. The first-order valence-corrected chi connectivity index (χ1v) is 10.00. The largest absolute Gasteiger partial charge is 0.345 e. The van der Waals surface area contributed by atoms with E-state index in [1.54, 1.807) is 0 Å². The van der Waals surface area contributed by atoms with E-state index in [2.05, 4.69) is 57.2 Å². The first-order valence-electron chi connectivity index (χ1n) is 10.00. The van der Waals surface area contributed by atoms with Gasteiger partial charge in [0.2, 0.25) is 0 Å². The summed E-state index contributed by atoms with van der Waals surface area (Å²) in [6.45, 7) is 15.1. The molecule has 1 atom stereocenters. The van der Waals surface area contributed by atoms with E-state index in [4.69, 9.17) is 4.98 Å². The maximum Gasteiger partial charge on any atom is 0.253 e. The van der Waals surface area contributed by atoms with Crippen molar-refractivity contribution in [3.05, 3.63) is 57.5 Å². The Morgan fingerprint density at radius 2 is 1.79 bits per heavy atom. The average molecular weight is 379 g/mol. The van der Waals surface area contributed by atoms with Gasteiger partial charge < -0.3 is 5.32 Å². The molecule has 0 radical (unpaired) electrons. The molecule has 0 spiro atoms. The number of aromatic nitrogens is 3. The van der Waals surface area contributed by atoms with E-state index in [1.807, 2.05) is 24.6 Å². The van der Waals surface area contributed by atoms with Gasteiger partial charge in [-0.3, -0.25) is 14.5 Å². The van der Waals surface area contributed by atoms with Gasteiger partial charge in [-0.05, 0) is 65.7 Å². The second-order valence-electron chi connectivity index (χ2n) is 7.61. The third-order valence-electron chi connectivity index (χ3n) is 5.49. The Morgan fingerprint density at radius 1 is 1.07 bits per heavy atom. The van der Waals surface area contributed by atoms with Gasteiger partial charge in [-0.25, -0.2) is 0 Å². The lowest BCUT2D eigenvalue weighted by Gasteiger charge is -2.19. The highest BCUT2D eigenvalue weighted by Gasteiger charge is 2.23. The molecule has 5 heteroatoms. The van der Waals surface area contributed by atoms with Crippen molar-refractivity contribution in [2.75, 3.05) is 0 Å². The smallest absolute Gasteiger partial charge is 0.253 e. The fraction of sp³-hybridized carbons (Fsp3) is 0.435. The molecule has 3 aromatic rings. The number of pyridine rings is 1. The molecule has 1 aromatic carbocycles. The van der Waals surface area contributed by atoms with Crippen molar-refractivity contribution in [1.29, 1.82) is 0 Å². The molecule has 148 valence electrons. The second kappa shape index (κ2) is 7.74. The zero-order valence-corrected chi connectivity index (χ0v) is 18.0. The minimum atomic E-state index is -0.0824. The lowest BCUT2D eigenvalue weighted by Crippen LogP contribution is -2.29. The summed E-state index contributed by atoms with van der Waals surface area (Å²) in [6.07, 6.45) is 0.807. The number of aryl methyl sites for hydroxylation is 5. The number of amides is 1. The van der Waals surface area contributed by atoms with Crippen LogP contribution in [0.4, 0.5) is 0 Å². The minimum absolute atomic E-state index is 0.0675. The van der Waals surface area contributed by atoms with Gasteiger partial charge in [0.15, 0.2) is 0 Å². The molecule has 3 rings (SSSR count). The fourth-order valence-corrected chi connectivity index (χ4v) is 4.11. The van der Waals surface area contributed by atoms with Gasteiger partial charge >= 0.3 is 0 Å². The maximum atomic E-state index is 13.1. The number of fused-ring (bicyclic) bond motifs is 1. The molecule has 0 aliphatic rings. The van der Waals surface area contributed by atoms with E-state index >= 15 is 0 Å². The molecule has 1 unspecified atom stereocenters. The molecular formula is C23H30N4O. The number of nitrogens with zero attached hydrogens (tertiary/aromatic N) is 3. The summed E-state index contributed by atoms with van der Waals surface area (Å²) in [6, 6.07) is 6.11. The third kappa shape index (κ3) is 3.53. The van der Waals surface area contributed by atoms with Crippen molar-refractivity contribution in [3.8, 4) is 0 Å². The lowest BCUT2D eigenvalue weighted by atomic mass is 10.0. The maximum absolute atomic E-state index is 13.1. The van der Waals surface area contributed by atoms with Crippen LogP contribution < -0.4 is 5.32 Å². The Bertz CT molecular complexity index is 1050. The van der Waals surface area contributed by atoms with Crippen molar-refractivity contribution in [2.24, 2.45) is 0 Å². The van der Waals surface area contributed by atoms with Crippen molar-refractivity contribution < 1.29 is 4.79 Å². The highest BCUT2D eigenvalue weighted by molar-refractivity contribution is 5.99. The van der Waals surface area contributed by atoms with Crippen molar-refractivity contribution in [2.45, 2.75) is 67.5 Å². The van der Waals surface area contributed by atoms with Crippen molar-refractivity contribution in [3.63, 3.8) is 0 Å².